The molecule has 25 heavy (non-hydrogen) atoms. The van der Waals surface area contributed by atoms with E-state index in [0.717, 1.165) is 28.9 Å². The molecule has 1 N–H and O–H groups in total. The van der Waals surface area contributed by atoms with E-state index in [1.165, 1.54) is 0 Å². The Morgan fingerprint density at radius 2 is 1.92 bits per heavy atom. The standard InChI is InChI=1S/C18H19Cl2N5/c1-11-4-5-16(15(19)8-11)25-10-14(9-22-25)6-7-21-18-17(20)12(2)23-13(3)24-18/h4-5,8-10H,6-7H2,1-3H3,(H,21,23,24). The molecule has 0 atom stereocenters. The first-order chi connectivity index (χ1) is 11.9. The van der Waals surface area contributed by atoms with Gasteiger partial charge in [0, 0.05) is 12.7 Å². The zero-order valence-corrected chi connectivity index (χ0v) is 15.9. The Morgan fingerprint density at radius 1 is 1.12 bits per heavy atom. The summed E-state index contributed by atoms with van der Waals surface area (Å²) in [4.78, 5) is 8.59. The van der Waals surface area contributed by atoms with Crippen molar-refractivity contribution in [3.63, 3.8) is 0 Å². The van der Waals surface area contributed by atoms with E-state index in [1.807, 2.05) is 51.4 Å². The highest BCUT2D eigenvalue weighted by Gasteiger charge is 2.09. The van der Waals surface area contributed by atoms with Crippen molar-refractivity contribution >= 4 is 29.0 Å². The second-order valence-electron chi connectivity index (χ2n) is 5.94. The van der Waals surface area contributed by atoms with Crippen LogP contribution in [0.5, 0.6) is 0 Å². The summed E-state index contributed by atoms with van der Waals surface area (Å²) in [5, 5.41) is 8.92. The number of benzene rings is 1. The van der Waals surface area contributed by atoms with Crippen molar-refractivity contribution in [3.05, 3.63) is 63.3 Å². The van der Waals surface area contributed by atoms with Crippen LogP contribution in [0.4, 0.5) is 5.82 Å². The van der Waals surface area contributed by atoms with Crippen molar-refractivity contribution in [3.8, 4) is 5.69 Å². The average Bonchev–Trinajstić information content (AvgIpc) is 3.00. The van der Waals surface area contributed by atoms with Gasteiger partial charge in [-0.1, -0.05) is 29.3 Å². The van der Waals surface area contributed by atoms with Gasteiger partial charge in [-0.3, -0.25) is 0 Å². The van der Waals surface area contributed by atoms with Crippen LogP contribution in [0.25, 0.3) is 5.69 Å². The minimum Gasteiger partial charge on any atom is -0.368 e. The van der Waals surface area contributed by atoms with E-state index in [9.17, 15) is 0 Å². The van der Waals surface area contributed by atoms with E-state index in [-0.39, 0.29) is 0 Å². The maximum absolute atomic E-state index is 6.30. The lowest BCUT2D eigenvalue weighted by Gasteiger charge is -2.09. The number of halogens is 2. The first-order valence-corrected chi connectivity index (χ1v) is 8.74. The molecule has 0 bridgehead atoms. The lowest BCUT2D eigenvalue weighted by atomic mass is 10.2. The minimum absolute atomic E-state index is 0.563. The van der Waals surface area contributed by atoms with Crippen LogP contribution in [0.1, 0.15) is 22.6 Å². The maximum Gasteiger partial charge on any atom is 0.148 e. The topological polar surface area (TPSA) is 55.6 Å². The van der Waals surface area contributed by atoms with Crippen LogP contribution in [0.2, 0.25) is 10.0 Å². The second-order valence-corrected chi connectivity index (χ2v) is 6.73. The molecule has 3 rings (SSSR count). The summed E-state index contributed by atoms with van der Waals surface area (Å²) < 4.78 is 1.79. The first-order valence-electron chi connectivity index (χ1n) is 7.98. The Balaban J connectivity index is 1.66. The molecule has 0 saturated carbocycles. The molecule has 1 aromatic carbocycles. The van der Waals surface area contributed by atoms with Gasteiger partial charge in [0.25, 0.3) is 0 Å². The van der Waals surface area contributed by atoms with Crippen LogP contribution in [-0.4, -0.2) is 26.3 Å². The molecule has 0 aliphatic heterocycles. The molecule has 2 aromatic heterocycles. The fraction of sp³-hybridized carbons (Fsp3) is 0.278. The Bertz CT molecular complexity index is 904. The Hall–Kier alpha value is -2.11. The van der Waals surface area contributed by atoms with Crippen molar-refractivity contribution in [2.24, 2.45) is 0 Å². The van der Waals surface area contributed by atoms with Gasteiger partial charge in [0.2, 0.25) is 0 Å². The number of nitrogens with one attached hydrogen (secondary N) is 1. The van der Waals surface area contributed by atoms with E-state index in [2.05, 4.69) is 20.4 Å². The van der Waals surface area contributed by atoms with E-state index < -0.39 is 0 Å². The van der Waals surface area contributed by atoms with Crippen LogP contribution < -0.4 is 5.32 Å². The average molecular weight is 376 g/mol. The molecule has 5 nitrogen and oxygen atoms in total. The third kappa shape index (κ3) is 4.11. The highest BCUT2D eigenvalue weighted by molar-refractivity contribution is 6.33. The van der Waals surface area contributed by atoms with Crippen LogP contribution >= 0.6 is 23.2 Å². The number of nitrogens with zero attached hydrogens (tertiary/aromatic N) is 4. The van der Waals surface area contributed by atoms with Gasteiger partial charge < -0.3 is 5.32 Å². The number of rotatable bonds is 5. The van der Waals surface area contributed by atoms with Gasteiger partial charge in [-0.25, -0.2) is 14.6 Å². The molecule has 0 aliphatic carbocycles. The molecule has 0 amide bonds. The molecule has 3 aromatic rings. The quantitative estimate of drug-likeness (QED) is 0.710. The van der Waals surface area contributed by atoms with Crippen LogP contribution in [0.3, 0.4) is 0 Å². The molecule has 7 heteroatoms. The first kappa shape index (κ1) is 17.7. The van der Waals surface area contributed by atoms with E-state index in [0.29, 0.717) is 28.2 Å². The zero-order chi connectivity index (χ0) is 18.0. The highest BCUT2D eigenvalue weighted by Crippen LogP contribution is 2.23. The summed E-state index contributed by atoms with van der Waals surface area (Å²) in [7, 11) is 0. The highest BCUT2D eigenvalue weighted by atomic mass is 35.5. The zero-order valence-electron chi connectivity index (χ0n) is 14.3. The second kappa shape index (κ2) is 7.42. The SMILES string of the molecule is Cc1ccc(-n2cc(CCNc3nc(C)nc(C)c3Cl)cn2)c(Cl)c1. The molecule has 0 saturated heterocycles. The number of anilines is 1. The van der Waals surface area contributed by atoms with Crippen LogP contribution in [-0.2, 0) is 6.42 Å². The lowest BCUT2D eigenvalue weighted by molar-refractivity contribution is 0.879. The third-order valence-corrected chi connectivity index (χ3v) is 4.58. The van der Waals surface area contributed by atoms with Gasteiger partial charge >= 0.3 is 0 Å². The number of aryl methyl sites for hydroxylation is 3. The molecule has 2 heterocycles. The molecule has 0 unspecified atom stereocenters. The number of aromatic nitrogens is 4. The largest absolute Gasteiger partial charge is 0.368 e. The molecular formula is C18H19Cl2N5. The summed E-state index contributed by atoms with van der Waals surface area (Å²) >= 11 is 12.5. The molecular weight excluding hydrogens is 357 g/mol. The normalized spacial score (nSPS) is 10.9. The van der Waals surface area contributed by atoms with E-state index >= 15 is 0 Å². The molecule has 0 spiro atoms. The summed E-state index contributed by atoms with van der Waals surface area (Å²) in [6.45, 7) is 6.43. The Morgan fingerprint density at radius 3 is 2.68 bits per heavy atom. The molecule has 0 radical (unpaired) electrons. The molecule has 0 aliphatic rings. The van der Waals surface area contributed by atoms with Gasteiger partial charge in [0.05, 0.1) is 22.6 Å². The Kier molecular flexibility index (Phi) is 5.25. The summed E-state index contributed by atoms with van der Waals surface area (Å²) in [6, 6.07) is 5.92. The predicted octanol–water partition coefficient (Wildman–Crippen LogP) is 4.55. The van der Waals surface area contributed by atoms with Crippen molar-refractivity contribution in [2.75, 3.05) is 11.9 Å². The Labute approximate surface area is 157 Å². The van der Waals surface area contributed by atoms with Crippen molar-refractivity contribution < 1.29 is 0 Å². The van der Waals surface area contributed by atoms with E-state index in [4.69, 9.17) is 23.2 Å². The van der Waals surface area contributed by atoms with Gasteiger partial charge in [0.1, 0.15) is 16.7 Å². The van der Waals surface area contributed by atoms with Crippen LogP contribution in [0.15, 0.2) is 30.6 Å². The molecule has 130 valence electrons. The van der Waals surface area contributed by atoms with Gasteiger partial charge in [-0.15, -0.1) is 0 Å². The monoisotopic (exact) mass is 375 g/mol. The number of hydrogen-bond acceptors (Lipinski definition) is 4. The third-order valence-electron chi connectivity index (χ3n) is 3.82. The summed E-state index contributed by atoms with van der Waals surface area (Å²) in [5.41, 5.74) is 3.87. The van der Waals surface area contributed by atoms with Crippen LogP contribution in [0, 0.1) is 20.8 Å². The van der Waals surface area contributed by atoms with Crippen molar-refractivity contribution in [1.29, 1.82) is 0 Å². The fourth-order valence-corrected chi connectivity index (χ4v) is 3.03. The minimum atomic E-state index is 0.563. The van der Waals surface area contributed by atoms with Gasteiger partial charge in [-0.2, -0.15) is 5.10 Å². The lowest BCUT2D eigenvalue weighted by Crippen LogP contribution is -2.08. The fourth-order valence-electron chi connectivity index (χ4n) is 2.56. The summed E-state index contributed by atoms with van der Waals surface area (Å²) in [6.07, 6.45) is 4.62. The van der Waals surface area contributed by atoms with Crippen molar-refractivity contribution in [1.82, 2.24) is 19.7 Å². The smallest absolute Gasteiger partial charge is 0.148 e. The maximum atomic E-state index is 6.30. The van der Waals surface area contributed by atoms with Gasteiger partial charge in [0.15, 0.2) is 0 Å². The summed E-state index contributed by atoms with van der Waals surface area (Å²) in [5.74, 6) is 1.37. The predicted molar refractivity (Wildman–Crippen MR) is 102 cm³/mol. The van der Waals surface area contributed by atoms with E-state index in [1.54, 1.807) is 4.68 Å². The molecule has 0 fully saturated rings. The van der Waals surface area contributed by atoms with Crippen molar-refractivity contribution in [2.45, 2.75) is 27.2 Å². The number of hydrogen-bond donors (Lipinski definition) is 1. The van der Waals surface area contributed by atoms with Gasteiger partial charge in [-0.05, 0) is 50.5 Å².